The molecule has 0 aromatic heterocycles. The number of hydroxylamine groups is 2. The highest BCUT2D eigenvalue weighted by atomic mass is 16.7. The summed E-state index contributed by atoms with van der Waals surface area (Å²) in [5, 5.41) is 1.84. The number of ether oxygens (including phenoxy) is 3. The molecule has 31 heavy (non-hydrogen) atoms. The summed E-state index contributed by atoms with van der Waals surface area (Å²) in [4.78, 5) is 33.3. The molecule has 2 aliphatic rings. The first-order valence-electron chi connectivity index (χ1n) is 10.6. The molecular formula is C23H32N2O6. The molecule has 2 heterocycles. The zero-order chi connectivity index (χ0) is 22.8. The standard InChI is InChI=1S/C23H32N2O6/c1-7-30-22(27)31-20-19(18-16(3)12-15(2)13-17(18)4)21(26)25(14-28-5)23(20)8-10-24(29-6)11-9-23/h12-13H,7-11,14H2,1-6H3. The van der Waals surface area contributed by atoms with E-state index in [-0.39, 0.29) is 19.2 Å². The lowest BCUT2D eigenvalue weighted by Gasteiger charge is -2.44. The predicted octanol–water partition coefficient (Wildman–Crippen LogP) is 3.34. The number of rotatable bonds is 6. The van der Waals surface area contributed by atoms with Gasteiger partial charge in [0.2, 0.25) is 0 Å². The lowest BCUT2D eigenvalue weighted by Crippen LogP contribution is -2.55. The van der Waals surface area contributed by atoms with E-state index in [9.17, 15) is 9.59 Å². The Morgan fingerprint density at radius 3 is 2.23 bits per heavy atom. The Morgan fingerprint density at radius 1 is 1.10 bits per heavy atom. The van der Waals surface area contributed by atoms with Crippen molar-refractivity contribution in [2.45, 2.75) is 46.1 Å². The van der Waals surface area contributed by atoms with Gasteiger partial charge in [-0.1, -0.05) is 17.7 Å². The average Bonchev–Trinajstić information content (AvgIpc) is 2.91. The normalized spacial score (nSPS) is 18.8. The largest absolute Gasteiger partial charge is 0.513 e. The van der Waals surface area contributed by atoms with E-state index in [1.54, 1.807) is 26.0 Å². The maximum atomic E-state index is 13.8. The number of hydrogen-bond donors (Lipinski definition) is 0. The summed E-state index contributed by atoms with van der Waals surface area (Å²) in [7, 11) is 3.18. The van der Waals surface area contributed by atoms with Gasteiger partial charge in [-0.3, -0.25) is 4.79 Å². The second-order valence-corrected chi connectivity index (χ2v) is 8.06. The van der Waals surface area contributed by atoms with E-state index in [0.717, 1.165) is 22.3 Å². The van der Waals surface area contributed by atoms with Gasteiger partial charge in [0, 0.05) is 20.2 Å². The molecule has 8 heteroatoms. The van der Waals surface area contributed by atoms with Crippen molar-refractivity contribution in [3.63, 3.8) is 0 Å². The van der Waals surface area contributed by atoms with E-state index in [0.29, 0.717) is 37.3 Å². The zero-order valence-electron chi connectivity index (χ0n) is 19.2. The molecule has 0 N–H and O–H groups in total. The molecule has 2 aliphatic heterocycles. The molecule has 0 atom stereocenters. The van der Waals surface area contributed by atoms with Crippen LogP contribution in [0.25, 0.3) is 5.57 Å². The number of nitrogens with zero attached hydrogens (tertiary/aromatic N) is 2. The first kappa shape index (κ1) is 23.2. The Bertz CT molecular complexity index is 863. The second kappa shape index (κ2) is 9.38. The summed E-state index contributed by atoms with van der Waals surface area (Å²) >= 11 is 0. The number of methoxy groups -OCH3 is 1. The van der Waals surface area contributed by atoms with Gasteiger partial charge in [0.25, 0.3) is 5.91 Å². The number of carbonyl (C=O) groups excluding carboxylic acids is 2. The SMILES string of the molecule is CCOC(=O)OC1=C(c2c(C)cc(C)cc2C)C(=O)N(COC)C12CCN(OC)CC2. The third kappa shape index (κ3) is 4.20. The minimum absolute atomic E-state index is 0.0922. The van der Waals surface area contributed by atoms with E-state index in [1.165, 1.54) is 0 Å². The van der Waals surface area contributed by atoms with Crippen molar-refractivity contribution in [3.05, 3.63) is 40.1 Å². The van der Waals surface area contributed by atoms with Crippen molar-refractivity contribution in [3.8, 4) is 0 Å². The summed E-state index contributed by atoms with van der Waals surface area (Å²) in [6.45, 7) is 9.11. The maximum absolute atomic E-state index is 13.8. The van der Waals surface area contributed by atoms with Crippen LogP contribution in [0.2, 0.25) is 0 Å². The molecule has 0 aliphatic carbocycles. The highest BCUT2D eigenvalue weighted by Gasteiger charge is 2.56. The molecule has 1 spiro atoms. The molecule has 0 saturated carbocycles. The second-order valence-electron chi connectivity index (χ2n) is 8.06. The Kier molecular flexibility index (Phi) is 7.03. The molecule has 0 radical (unpaired) electrons. The summed E-state index contributed by atoms with van der Waals surface area (Å²) < 4.78 is 16.3. The lowest BCUT2D eigenvalue weighted by molar-refractivity contribution is -0.169. The highest BCUT2D eigenvalue weighted by Crippen LogP contribution is 2.48. The van der Waals surface area contributed by atoms with Gasteiger partial charge in [-0.2, -0.15) is 5.06 Å². The van der Waals surface area contributed by atoms with E-state index >= 15 is 0 Å². The fraction of sp³-hybridized carbons (Fsp3) is 0.565. The van der Waals surface area contributed by atoms with Gasteiger partial charge in [0.1, 0.15) is 12.3 Å². The van der Waals surface area contributed by atoms with Crippen LogP contribution in [0.1, 0.15) is 42.0 Å². The van der Waals surface area contributed by atoms with Crippen LogP contribution >= 0.6 is 0 Å². The van der Waals surface area contributed by atoms with E-state index in [2.05, 4.69) is 0 Å². The van der Waals surface area contributed by atoms with Gasteiger partial charge in [0.15, 0.2) is 5.76 Å². The Morgan fingerprint density at radius 2 is 1.71 bits per heavy atom. The lowest BCUT2D eigenvalue weighted by atomic mass is 9.84. The van der Waals surface area contributed by atoms with Gasteiger partial charge >= 0.3 is 6.16 Å². The van der Waals surface area contributed by atoms with Crippen LogP contribution in [0.4, 0.5) is 4.79 Å². The smallest absolute Gasteiger partial charge is 0.434 e. The third-order valence-corrected chi connectivity index (χ3v) is 6.07. The van der Waals surface area contributed by atoms with E-state index in [1.807, 2.05) is 38.0 Å². The van der Waals surface area contributed by atoms with Crippen LogP contribution in [0, 0.1) is 20.8 Å². The third-order valence-electron chi connectivity index (χ3n) is 6.07. The molecule has 1 saturated heterocycles. The van der Waals surface area contributed by atoms with Gasteiger partial charge in [-0.15, -0.1) is 0 Å². The Balaban J connectivity index is 2.22. The van der Waals surface area contributed by atoms with E-state index in [4.69, 9.17) is 19.0 Å². The molecule has 170 valence electrons. The van der Waals surface area contributed by atoms with Crippen molar-refractivity contribution < 1.29 is 28.6 Å². The molecule has 3 rings (SSSR count). The maximum Gasteiger partial charge on any atom is 0.513 e. The van der Waals surface area contributed by atoms with Crippen molar-refractivity contribution in [2.24, 2.45) is 0 Å². The number of piperidine rings is 1. The molecular weight excluding hydrogens is 400 g/mol. The quantitative estimate of drug-likeness (QED) is 0.638. The Labute approximate surface area is 183 Å². The van der Waals surface area contributed by atoms with Crippen LogP contribution in [0.3, 0.4) is 0 Å². The molecule has 8 nitrogen and oxygen atoms in total. The number of amides is 1. The van der Waals surface area contributed by atoms with Crippen molar-refractivity contribution in [2.75, 3.05) is 40.6 Å². The predicted molar refractivity (Wildman–Crippen MR) is 115 cm³/mol. The molecule has 1 fully saturated rings. The van der Waals surface area contributed by atoms with Crippen LogP contribution in [0.5, 0.6) is 0 Å². The molecule has 1 aromatic carbocycles. The summed E-state index contributed by atoms with van der Waals surface area (Å²) in [5.41, 5.74) is 3.40. The van der Waals surface area contributed by atoms with Crippen LogP contribution < -0.4 is 0 Å². The Hall–Kier alpha value is -2.42. The van der Waals surface area contributed by atoms with Gasteiger partial charge in [-0.25, -0.2) is 4.79 Å². The molecule has 0 unspecified atom stereocenters. The van der Waals surface area contributed by atoms with Crippen LogP contribution in [-0.4, -0.2) is 68.2 Å². The first-order chi connectivity index (χ1) is 14.8. The molecule has 0 bridgehead atoms. The molecule has 1 amide bonds. The van der Waals surface area contributed by atoms with Gasteiger partial charge in [-0.05, 0) is 57.2 Å². The zero-order valence-corrected chi connectivity index (χ0v) is 19.2. The number of benzene rings is 1. The number of aryl methyl sites for hydroxylation is 3. The fourth-order valence-corrected chi connectivity index (χ4v) is 4.80. The number of hydrogen-bond acceptors (Lipinski definition) is 7. The van der Waals surface area contributed by atoms with Gasteiger partial charge in [0.05, 0.1) is 19.3 Å². The topological polar surface area (TPSA) is 77.5 Å². The van der Waals surface area contributed by atoms with Crippen LogP contribution in [0.15, 0.2) is 17.9 Å². The monoisotopic (exact) mass is 432 g/mol. The van der Waals surface area contributed by atoms with Gasteiger partial charge < -0.3 is 23.9 Å². The summed E-state index contributed by atoms with van der Waals surface area (Å²) in [5.74, 6) is 0.140. The minimum Gasteiger partial charge on any atom is -0.434 e. The van der Waals surface area contributed by atoms with Crippen molar-refractivity contribution in [1.82, 2.24) is 9.96 Å². The van der Waals surface area contributed by atoms with Crippen molar-refractivity contribution >= 4 is 17.6 Å². The summed E-state index contributed by atoms with van der Waals surface area (Å²) in [6, 6.07) is 4.06. The minimum atomic E-state index is -0.812. The summed E-state index contributed by atoms with van der Waals surface area (Å²) in [6.07, 6.45) is 0.272. The first-order valence-corrected chi connectivity index (χ1v) is 10.6. The number of carbonyl (C=O) groups is 2. The van der Waals surface area contributed by atoms with E-state index < -0.39 is 11.7 Å². The fourth-order valence-electron chi connectivity index (χ4n) is 4.80. The average molecular weight is 433 g/mol. The molecule has 1 aromatic rings. The van der Waals surface area contributed by atoms with Crippen molar-refractivity contribution in [1.29, 1.82) is 0 Å². The van der Waals surface area contributed by atoms with Crippen LogP contribution in [-0.2, 0) is 23.8 Å². The highest BCUT2D eigenvalue weighted by molar-refractivity contribution is 6.24.